The molecule has 0 aliphatic carbocycles. The molecule has 150 valence electrons. The first kappa shape index (κ1) is 19.2. The number of ether oxygens (including phenoxy) is 2. The minimum atomic E-state index is -0.236. The third-order valence-electron chi connectivity index (χ3n) is 5.02. The molecular weight excluding hydrogens is 366 g/mol. The molecule has 1 amide bonds. The third-order valence-corrected chi connectivity index (χ3v) is 5.02. The van der Waals surface area contributed by atoms with E-state index < -0.39 is 0 Å². The van der Waals surface area contributed by atoms with Crippen molar-refractivity contribution in [3.8, 4) is 11.4 Å². The summed E-state index contributed by atoms with van der Waals surface area (Å²) in [4.78, 5) is 12.7. The molecule has 0 atom stereocenters. The SMILES string of the molecule is Cc1cc(NC(=O)c2cc(C)n(-c3ccccc3)n2)ccc1OC1CCOCC1. The van der Waals surface area contributed by atoms with E-state index in [9.17, 15) is 4.79 Å². The van der Waals surface area contributed by atoms with E-state index in [1.54, 1.807) is 10.7 Å². The van der Waals surface area contributed by atoms with Crippen molar-refractivity contribution >= 4 is 11.6 Å². The summed E-state index contributed by atoms with van der Waals surface area (Å²) in [6.45, 7) is 5.40. The van der Waals surface area contributed by atoms with Crippen molar-refractivity contribution in [2.45, 2.75) is 32.8 Å². The third kappa shape index (κ3) is 4.49. The van der Waals surface area contributed by atoms with Crippen molar-refractivity contribution in [2.24, 2.45) is 0 Å². The second-order valence-corrected chi connectivity index (χ2v) is 7.28. The molecule has 1 aliphatic heterocycles. The number of carbonyl (C=O) groups is 1. The normalized spacial score (nSPS) is 14.6. The number of amides is 1. The number of nitrogens with one attached hydrogen (secondary N) is 1. The van der Waals surface area contributed by atoms with Crippen LogP contribution in [0, 0.1) is 13.8 Å². The number of hydrogen-bond donors (Lipinski definition) is 1. The predicted molar refractivity (Wildman–Crippen MR) is 112 cm³/mol. The highest BCUT2D eigenvalue weighted by molar-refractivity contribution is 6.03. The Hall–Kier alpha value is -3.12. The highest BCUT2D eigenvalue weighted by atomic mass is 16.5. The molecule has 0 spiro atoms. The monoisotopic (exact) mass is 391 g/mol. The number of rotatable bonds is 5. The zero-order chi connectivity index (χ0) is 20.2. The fourth-order valence-electron chi connectivity index (χ4n) is 3.44. The van der Waals surface area contributed by atoms with E-state index in [1.165, 1.54) is 0 Å². The fourth-order valence-corrected chi connectivity index (χ4v) is 3.44. The summed E-state index contributed by atoms with van der Waals surface area (Å²) in [5.74, 6) is 0.611. The van der Waals surface area contributed by atoms with E-state index in [-0.39, 0.29) is 12.0 Å². The molecule has 0 radical (unpaired) electrons. The standard InChI is InChI=1S/C23H25N3O3/c1-16-14-18(8-9-22(16)29-20-10-12-28-13-11-20)24-23(27)21-15-17(2)26(25-21)19-6-4-3-5-7-19/h3-9,14-15,20H,10-13H2,1-2H3,(H,24,27). The van der Waals surface area contributed by atoms with Crippen LogP contribution < -0.4 is 10.1 Å². The summed E-state index contributed by atoms with van der Waals surface area (Å²) < 4.78 is 13.2. The van der Waals surface area contributed by atoms with Crippen LogP contribution in [0.1, 0.15) is 34.6 Å². The van der Waals surface area contributed by atoms with E-state index in [0.717, 1.165) is 54.4 Å². The van der Waals surface area contributed by atoms with Crippen LogP contribution in [0.15, 0.2) is 54.6 Å². The van der Waals surface area contributed by atoms with E-state index in [0.29, 0.717) is 5.69 Å². The lowest BCUT2D eigenvalue weighted by atomic mass is 10.1. The minimum Gasteiger partial charge on any atom is -0.490 e. The molecule has 1 aliphatic rings. The van der Waals surface area contributed by atoms with Crippen LogP contribution in [0.5, 0.6) is 5.75 Å². The van der Waals surface area contributed by atoms with Gasteiger partial charge in [0.15, 0.2) is 5.69 Å². The second-order valence-electron chi connectivity index (χ2n) is 7.28. The van der Waals surface area contributed by atoms with Gasteiger partial charge in [0, 0.05) is 24.2 Å². The molecule has 2 aromatic carbocycles. The van der Waals surface area contributed by atoms with Gasteiger partial charge in [-0.1, -0.05) is 18.2 Å². The van der Waals surface area contributed by atoms with Crippen LogP contribution in [-0.4, -0.2) is 35.0 Å². The number of hydrogen-bond acceptors (Lipinski definition) is 4. The Morgan fingerprint density at radius 2 is 1.86 bits per heavy atom. The van der Waals surface area contributed by atoms with Crippen molar-refractivity contribution in [1.29, 1.82) is 0 Å². The molecule has 2 heterocycles. The summed E-state index contributed by atoms with van der Waals surface area (Å²) in [7, 11) is 0. The van der Waals surface area contributed by atoms with Crippen molar-refractivity contribution in [2.75, 3.05) is 18.5 Å². The smallest absolute Gasteiger partial charge is 0.276 e. The molecule has 6 nitrogen and oxygen atoms in total. The zero-order valence-corrected chi connectivity index (χ0v) is 16.7. The Morgan fingerprint density at radius 1 is 1.10 bits per heavy atom. The van der Waals surface area contributed by atoms with Gasteiger partial charge >= 0.3 is 0 Å². The molecule has 1 aromatic heterocycles. The van der Waals surface area contributed by atoms with Crippen LogP contribution in [0.25, 0.3) is 5.69 Å². The van der Waals surface area contributed by atoms with Gasteiger partial charge in [0.1, 0.15) is 11.9 Å². The van der Waals surface area contributed by atoms with Gasteiger partial charge < -0.3 is 14.8 Å². The van der Waals surface area contributed by atoms with E-state index >= 15 is 0 Å². The second kappa shape index (κ2) is 8.49. The first-order valence-corrected chi connectivity index (χ1v) is 9.88. The van der Waals surface area contributed by atoms with Crippen LogP contribution in [0.3, 0.4) is 0 Å². The van der Waals surface area contributed by atoms with Crippen molar-refractivity contribution < 1.29 is 14.3 Å². The topological polar surface area (TPSA) is 65.4 Å². The van der Waals surface area contributed by atoms with Crippen LogP contribution in [0.2, 0.25) is 0 Å². The Morgan fingerprint density at radius 3 is 2.59 bits per heavy atom. The van der Waals surface area contributed by atoms with Gasteiger partial charge in [-0.05, 0) is 55.8 Å². The molecule has 0 bridgehead atoms. The van der Waals surface area contributed by atoms with Crippen molar-refractivity contribution in [3.05, 3.63) is 71.5 Å². The van der Waals surface area contributed by atoms with Crippen LogP contribution >= 0.6 is 0 Å². The van der Waals surface area contributed by atoms with E-state index in [2.05, 4.69) is 10.4 Å². The van der Waals surface area contributed by atoms with Gasteiger partial charge in [0.25, 0.3) is 5.91 Å². The van der Waals surface area contributed by atoms with Gasteiger partial charge in [0.05, 0.1) is 18.9 Å². The van der Waals surface area contributed by atoms with E-state index in [4.69, 9.17) is 9.47 Å². The lowest BCUT2D eigenvalue weighted by Gasteiger charge is -2.24. The minimum absolute atomic E-state index is 0.188. The molecule has 6 heteroatoms. The molecule has 3 aromatic rings. The van der Waals surface area contributed by atoms with Crippen molar-refractivity contribution in [3.63, 3.8) is 0 Å². The molecule has 1 N–H and O–H groups in total. The number of para-hydroxylation sites is 1. The summed E-state index contributed by atoms with van der Waals surface area (Å²) in [5.41, 5.74) is 3.91. The summed E-state index contributed by atoms with van der Waals surface area (Å²) in [6, 6.07) is 17.3. The zero-order valence-electron chi connectivity index (χ0n) is 16.7. The number of anilines is 1. The number of aryl methyl sites for hydroxylation is 2. The fraction of sp³-hybridized carbons (Fsp3) is 0.304. The number of nitrogens with zero attached hydrogens (tertiary/aromatic N) is 2. The quantitative estimate of drug-likeness (QED) is 0.704. The van der Waals surface area contributed by atoms with Gasteiger partial charge in [-0.15, -0.1) is 0 Å². The Kier molecular flexibility index (Phi) is 5.62. The molecular formula is C23H25N3O3. The first-order valence-electron chi connectivity index (χ1n) is 9.88. The van der Waals surface area contributed by atoms with Gasteiger partial charge in [0.2, 0.25) is 0 Å². The number of aromatic nitrogens is 2. The maximum Gasteiger partial charge on any atom is 0.276 e. The van der Waals surface area contributed by atoms with Crippen LogP contribution in [0.4, 0.5) is 5.69 Å². The van der Waals surface area contributed by atoms with Gasteiger partial charge in [-0.2, -0.15) is 5.10 Å². The molecule has 0 unspecified atom stereocenters. The van der Waals surface area contributed by atoms with E-state index in [1.807, 2.05) is 62.4 Å². The summed E-state index contributed by atoms with van der Waals surface area (Å²) in [6.07, 6.45) is 2.00. The Bertz CT molecular complexity index is 992. The number of benzene rings is 2. The Balaban J connectivity index is 1.45. The summed E-state index contributed by atoms with van der Waals surface area (Å²) in [5, 5.41) is 7.39. The molecule has 1 fully saturated rings. The van der Waals surface area contributed by atoms with Crippen LogP contribution in [-0.2, 0) is 4.74 Å². The Labute approximate surface area is 170 Å². The molecule has 1 saturated heterocycles. The first-order chi connectivity index (χ1) is 14.1. The maximum atomic E-state index is 12.7. The molecule has 0 saturated carbocycles. The number of carbonyl (C=O) groups excluding carboxylic acids is 1. The van der Waals surface area contributed by atoms with Gasteiger partial charge in [-0.3, -0.25) is 4.79 Å². The van der Waals surface area contributed by atoms with Crippen molar-refractivity contribution in [1.82, 2.24) is 9.78 Å². The van der Waals surface area contributed by atoms with Gasteiger partial charge in [-0.25, -0.2) is 4.68 Å². The largest absolute Gasteiger partial charge is 0.490 e. The molecule has 4 rings (SSSR count). The highest BCUT2D eigenvalue weighted by Crippen LogP contribution is 2.25. The lowest BCUT2D eigenvalue weighted by Crippen LogP contribution is -2.26. The lowest BCUT2D eigenvalue weighted by molar-refractivity contribution is 0.0253. The highest BCUT2D eigenvalue weighted by Gasteiger charge is 2.17. The predicted octanol–water partition coefficient (Wildman–Crippen LogP) is 4.30. The average Bonchev–Trinajstić information content (AvgIpc) is 3.13. The maximum absolute atomic E-state index is 12.7. The summed E-state index contributed by atoms with van der Waals surface area (Å²) >= 11 is 0. The average molecular weight is 391 g/mol. The molecule has 29 heavy (non-hydrogen) atoms.